The molecule has 120 valence electrons. The Labute approximate surface area is 141 Å². The lowest BCUT2D eigenvalue weighted by atomic mass is 10.1. The number of carbonyl (C=O) groups excluding carboxylic acids is 1. The van der Waals surface area contributed by atoms with Crippen molar-refractivity contribution in [2.24, 2.45) is 0 Å². The van der Waals surface area contributed by atoms with Crippen LogP contribution in [0.15, 0.2) is 59.5 Å². The lowest BCUT2D eigenvalue weighted by molar-refractivity contribution is 0.0473. The van der Waals surface area contributed by atoms with E-state index in [9.17, 15) is 9.90 Å². The molecule has 0 radical (unpaired) electrons. The quantitative estimate of drug-likeness (QED) is 0.873. The topological polar surface area (TPSA) is 40.5 Å². The molecule has 1 aliphatic heterocycles. The highest BCUT2D eigenvalue weighted by atomic mass is 32.2. The number of piperidine rings is 1. The molecule has 0 saturated carbocycles. The van der Waals surface area contributed by atoms with Gasteiger partial charge in [-0.3, -0.25) is 4.79 Å². The van der Waals surface area contributed by atoms with Crippen molar-refractivity contribution in [3.63, 3.8) is 0 Å². The summed E-state index contributed by atoms with van der Waals surface area (Å²) in [6, 6.07) is 18.1. The molecular formula is C19H21NO2S. The summed E-state index contributed by atoms with van der Waals surface area (Å²) in [6.07, 6.45) is 1.28. The molecule has 2 aromatic carbocycles. The zero-order valence-electron chi connectivity index (χ0n) is 13.0. The van der Waals surface area contributed by atoms with Crippen LogP contribution in [0.4, 0.5) is 0 Å². The minimum absolute atomic E-state index is 0.0170. The third-order valence-corrected chi connectivity index (χ3v) is 5.12. The van der Waals surface area contributed by atoms with Gasteiger partial charge in [0.25, 0.3) is 5.91 Å². The molecular weight excluding hydrogens is 306 g/mol. The fourth-order valence-electron chi connectivity index (χ4n) is 2.76. The van der Waals surface area contributed by atoms with Gasteiger partial charge in [-0.1, -0.05) is 30.3 Å². The van der Waals surface area contributed by atoms with E-state index in [4.69, 9.17) is 0 Å². The largest absolute Gasteiger partial charge is 0.391 e. The number of hydrogen-bond acceptors (Lipinski definition) is 3. The van der Waals surface area contributed by atoms with Gasteiger partial charge in [0.2, 0.25) is 0 Å². The van der Waals surface area contributed by atoms with Crippen LogP contribution >= 0.6 is 11.8 Å². The van der Waals surface area contributed by atoms with Crippen molar-refractivity contribution < 1.29 is 9.90 Å². The number of aliphatic hydroxyl groups is 1. The van der Waals surface area contributed by atoms with Gasteiger partial charge in [0, 0.05) is 29.3 Å². The zero-order valence-corrected chi connectivity index (χ0v) is 13.8. The number of likely N-dealkylation sites (tertiary alicyclic amines) is 1. The average Bonchev–Trinajstić information content (AvgIpc) is 2.61. The number of benzene rings is 2. The highest BCUT2D eigenvalue weighted by molar-refractivity contribution is 7.98. The molecule has 23 heavy (non-hydrogen) atoms. The summed E-state index contributed by atoms with van der Waals surface area (Å²) in [5.41, 5.74) is 1.99. The van der Waals surface area contributed by atoms with E-state index in [2.05, 4.69) is 12.1 Å². The molecule has 0 aromatic heterocycles. The van der Waals surface area contributed by atoms with Crippen LogP contribution in [0.1, 0.15) is 28.8 Å². The van der Waals surface area contributed by atoms with Gasteiger partial charge in [-0.05, 0) is 42.7 Å². The first-order valence-electron chi connectivity index (χ1n) is 7.96. The molecule has 0 spiro atoms. The summed E-state index contributed by atoms with van der Waals surface area (Å²) in [6.45, 7) is 1.18. The summed E-state index contributed by atoms with van der Waals surface area (Å²) in [4.78, 5) is 15.4. The number of rotatable bonds is 4. The first-order chi connectivity index (χ1) is 11.2. The molecule has 3 nitrogen and oxygen atoms in total. The highest BCUT2D eigenvalue weighted by Crippen LogP contribution is 2.23. The molecule has 1 unspecified atom stereocenters. The van der Waals surface area contributed by atoms with E-state index in [0.29, 0.717) is 12.1 Å². The summed E-state index contributed by atoms with van der Waals surface area (Å²) in [7, 11) is 0. The summed E-state index contributed by atoms with van der Waals surface area (Å²) >= 11 is 1.77. The number of thioether (sulfide) groups is 1. The second-order valence-electron chi connectivity index (χ2n) is 5.85. The first-order valence-corrected chi connectivity index (χ1v) is 8.95. The standard InChI is InChI=1S/C19H21NO2S/c21-17-7-4-12-20(13-17)19(22)16-8-10-18(11-9-16)23-14-15-5-2-1-3-6-15/h1-3,5-6,8-11,17,21H,4,7,12-14H2. The molecule has 1 fully saturated rings. The Balaban J connectivity index is 1.59. The Morgan fingerprint density at radius 1 is 1.13 bits per heavy atom. The smallest absolute Gasteiger partial charge is 0.253 e. The lowest BCUT2D eigenvalue weighted by Crippen LogP contribution is -2.42. The van der Waals surface area contributed by atoms with Crippen LogP contribution in [0.3, 0.4) is 0 Å². The van der Waals surface area contributed by atoms with Crippen molar-refractivity contribution in [2.45, 2.75) is 29.6 Å². The Hall–Kier alpha value is -1.78. The van der Waals surface area contributed by atoms with Gasteiger partial charge >= 0.3 is 0 Å². The number of β-amino-alcohol motifs (C(OH)–C–C–N with tert-alkyl or cyclic N) is 1. The molecule has 1 saturated heterocycles. The van der Waals surface area contributed by atoms with Crippen LogP contribution in [-0.2, 0) is 5.75 Å². The highest BCUT2D eigenvalue weighted by Gasteiger charge is 2.22. The summed E-state index contributed by atoms with van der Waals surface area (Å²) in [5, 5.41) is 9.70. The maximum atomic E-state index is 12.4. The third-order valence-electron chi connectivity index (χ3n) is 4.03. The third kappa shape index (κ3) is 4.36. The average molecular weight is 327 g/mol. The van der Waals surface area contributed by atoms with Gasteiger partial charge < -0.3 is 10.0 Å². The fourth-order valence-corrected chi connectivity index (χ4v) is 3.61. The molecule has 1 heterocycles. The van der Waals surface area contributed by atoms with Crippen molar-refractivity contribution in [2.75, 3.05) is 13.1 Å². The molecule has 1 amide bonds. The van der Waals surface area contributed by atoms with Crippen LogP contribution < -0.4 is 0 Å². The van der Waals surface area contributed by atoms with Crippen molar-refractivity contribution in [1.29, 1.82) is 0 Å². The van der Waals surface area contributed by atoms with Gasteiger partial charge in [0.05, 0.1) is 6.10 Å². The summed E-state index contributed by atoms with van der Waals surface area (Å²) < 4.78 is 0. The van der Waals surface area contributed by atoms with E-state index in [1.165, 1.54) is 5.56 Å². The summed E-state index contributed by atoms with van der Waals surface area (Å²) in [5.74, 6) is 0.940. The number of hydrogen-bond donors (Lipinski definition) is 1. The predicted octanol–water partition coefficient (Wildman–Crippen LogP) is 3.58. The van der Waals surface area contributed by atoms with Crippen molar-refractivity contribution in [3.8, 4) is 0 Å². The Morgan fingerprint density at radius 3 is 2.57 bits per heavy atom. The van der Waals surface area contributed by atoms with E-state index in [1.54, 1.807) is 16.7 Å². The van der Waals surface area contributed by atoms with E-state index < -0.39 is 0 Å². The molecule has 4 heteroatoms. The predicted molar refractivity (Wildman–Crippen MR) is 93.6 cm³/mol. The van der Waals surface area contributed by atoms with E-state index in [-0.39, 0.29) is 12.0 Å². The Bertz CT molecular complexity index is 642. The number of carbonyl (C=O) groups is 1. The SMILES string of the molecule is O=C(c1ccc(SCc2ccccc2)cc1)N1CCCC(O)C1. The molecule has 0 aliphatic carbocycles. The fraction of sp³-hybridized carbons (Fsp3) is 0.316. The van der Waals surface area contributed by atoms with Crippen molar-refractivity contribution in [3.05, 3.63) is 65.7 Å². The Morgan fingerprint density at radius 2 is 1.87 bits per heavy atom. The maximum absolute atomic E-state index is 12.4. The minimum atomic E-state index is -0.381. The minimum Gasteiger partial charge on any atom is -0.391 e. The monoisotopic (exact) mass is 327 g/mol. The van der Waals surface area contributed by atoms with Gasteiger partial charge in [-0.25, -0.2) is 0 Å². The van der Waals surface area contributed by atoms with Crippen LogP contribution in [0.5, 0.6) is 0 Å². The van der Waals surface area contributed by atoms with E-state index in [1.807, 2.05) is 42.5 Å². The van der Waals surface area contributed by atoms with Crippen LogP contribution in [0.25, 0.3) is 0 Å². The second kappa shape index (κ2) is 7.66. The maximum Gasteiger partial charge on any atom is 0.253 e. The normalized spacial score (nSPS) is 18.0. The van der Waals surface area contributed by atoms with E-state index in [0.717, 1.165) is 30.0 Å². The number of amides is 1. The lowest BCUT2D eigenvalue weighted by Gasteiger charge is -2.30. The molecule has 0 bridgehead atoms. The molecule has 1 atom stereocenters. The Kier molecular flexibility index (Phi) is 5.36. The molecule has 3 rings (SSSR count). The second-order valence-corrected chi connectivity index (χ2v) is 6.89. The van der Waals surface area contributed by atoms with Crippen molar-refractivity contribution >= 4 is 17.7 Å². The molecule has 1 aliphatic rings. The first kappa shape index (κ1) is 16.1. The van der Waals surface area contributed by atoms with Crippen LogP contribution in [0.2, 0.25) is 0 Å². The number of nitrogens with zero attached hydrogens (tertiary/aromatic N) is 1. The van der Waals surface area contributed by atoms with Gasteiger partial charge in [-0.15, -0.1) is 11.8 Å². The zero-order chi connectivity index (χ0) is 16.1. The number of aliphatic hydroxyl groups excluding tert-OH is 1. The van der Waals surface area contributed by atoms with Crippen LogP contribution in [-0.4, -0.2) is 35.1 Å². The van der Waals surface area contributed by atoms with Gasteiger partial charge in [0.1, 0.15) is 0 Å². The van der Waals surface area contributed by atoms with Gasteiger partial charge in [0.15, 0.2) is 0 Å². The molecule has 2 aromatic rings. The van der Waals surface area contributed by atoms with Crippen LogP contribution in [0, 0.1) is 0 Å². The van der Waals surface area contributed by atoms with Crippen molar-refractivity contribution in [1.82, 2.24) is 4.90 Å². The molecule has 1 N–H and O–H groups in total. The van der Waals surface area contributed by atoms with E-state index >= 15 is 0 Å². The van der Waals surface area contributed by atoms with Gasteiger partial charge in [-0.2, -0.15) is 0 Å².